The Kier molecular flexibility index (Phi) is 7.31. The van der Waals surface area contributed by atoms with Crippen molar-refractivity contribution in [2.24, 2.45) is 0 Å². The van der Waals surface area contributed by atoms with E-state index in [4.69, 9.17) is 0 Å². The number of benzene rings is 1. The largest absolute Gasteiger partial charge is 0.508 e. The van der Waals surface area contributed by atoms with Crippen LogP contribution in [0.15, 0.2) is 23.0 Å². The van der Waals surface area contributed by atoms with Gasteiger partial charge >= 0.3 is 0 Å². The standard InChI is InChI=1S/C32H38N2O10/c1-16(35)20-25(38)26(34(4)5)31(43)15-30(42)14-18-19(33(2)3)13-17(9-12-29(41)10-7-6-8-11-29)23(36)21(18)24(37)22(30)28(40)32(31,44)27(20)39/h13,26,36-37,39,41-44H,6-8,10-11,14-15H2,1-5H3/t26-,30-,31-,32-/m0/s1. The smallest absolute Gasteiger partial charge is 0.216 e. The van der Waals surface area contributed by atoms with E-state index in [0.29, 0.717) is 18.5 Å². The molecule has 0 saturated heterocycles. The van der Waals surface area contributed by atoms with Crippen LogP contribution >= 0.6 is 0 Å². The Morgan fingerprint density at radius 3 is 2.14 bits per heavy atom. The van der Waals surface area contributed by atoms with Gasteiger partial charge in [-0.2, -0.15) is 0 Å². The highest BCUT2D eigenvalue weighted by molar-refractivity contribution is 6.26. The summed E-state index contributed by atoms with van der Waals surface area (Å²) in [7, 11) is 6.07. The van der Waals surface area contributed by atoms with Gasteiger partial charge in [0.25, 0.3) is 0 Å². The molecule has 236 valence electrons. The average molecular weight is 611 g/mol. The predicted molar refractivity (Wildman–Crippen MR) is 158 cm³/mol. The number of phenolic OH excluding ortho intramolecular Hbond substituents is 1. The maximum absolute atomic E-state index is 14.2. The van der Waals surface area contributed by atoms with E-state index < -0.39 is 87.1 Å². The van der Waals surface area contributed by atoms with Gasteiger partial charge in [0.05, 0.1) is 16.7 Å². The number of aromatic hydroxyl groups is 1. The number of hydrogen-bond donors (Lipinski definition) is 7. The summed E-state index contributed by atoms with van der Waals surface area (Å²) in [5.74, 6) is -0.751. The van der Waals surface area contributed by atoms with Gasteiger partial charge in [0.2, 0.25) is 11.4 Å². The average Bonchev–Trinajstić information content (AvgIpc) is 2.90. The molecule has 0 aromatic heterocycles. The van der Waals surface area contributed by atoms with E-state index in [1.165, 1.54) is 25.1 Å². The molecule has 2 fully saturated rings. The number of fused-ring (bicyclic) bond motifs is 3. The Hall–Kier alpha value is -3.73. The van der Waals surface area contributed by atoms with E-state index >= 15 is 0 Å². The van der Waals surface area contributed by atoms with E-state index in [1.54, 1.807) is 19.0 Å². The van der Waals surface area contributed by atoms with Crippen molar-refractivity contribution in [3.63, 3.8) is 0 Å². The zero-order chi connectivity index (χ0) is 32.7. The molecule has 12 nitrogen and oxygen atoms in total. The first kappa shape index (κ1) is 31.7. The predicted octanol–water partition coefficient (Wildman–Crippen LogP) is 0.410. The third-order valence-electron chi connectivity index (χ3n) is 9.52. The van der Waals surface area contributed by atoms with Gasteiger partial charge in [-0.1, -0.05) is 18.3 Å². The van der Waals surface area contributed by atoms with Gasteiger partial charge in [0.1, 0.15) is 45.7 Å². The van der Waals surface area contributed by atoms with Crippen LogP contribution in [0.3, 0.4) is 0 Å². The van der Waals surface area contributed by atoms with Gasteiger partial charge in [0, 0.05) is 32.6 Å². The summed E-state index contributed by atoms with van der Waals surface area (Å²) in [5.41, 5.74) is -11.2. The molecule has 7 N–H and O–H groups in total. The Labute approximate surface area is 254 Å². The maximum atomic E-state index is 14.2. The molecule has 4 aliphatic carbocycles. The number of aliphatic hydroxyl groups is 6. The summed E-state index contributed by atoms with van der Waals surface area (Å²) < 4.78 is 0. The first-order valence-corrected chi connectivity index (χ1v) is 14.5. The molecule has 4 aliphatic rings. The van der Waals surface area contributed by atoms with Crippen molar-refractivity contribution in [1.82, 2.24) is 4.90 Å². The third kappa shape index (κ3) is 4.22. The number of phenols is 1. The quantitative estimate of drug-likeness (QED) is 0.184. The number of anilines is 1. The van der Waals surface area contributed by atoms with Gasteiger partial charge < -0.3 is 40.6 Å². The van der Waals surface area contributed by atoms with Crippen molar-refractivity contribution >= 4 is 28.8 Å². The number of nitrogens with zero attached hydrogens (tertiary/aromatic N) is 2. The van der Waals surface area contributed by atoms with E-state index in [-0.39, 0.29) is 16.7 Å². The summed E-state index contributed by atoms with van der Waals surface area (Å²) in [4.78, 5) is 42.9. The molecule has 0 amide bonds. The van der Waals surface area contributed by atoms with Crippen LogP contribution in [0.5, 0.6) is 5.75 Å². The lowest BCUT2D eigenvalue weighted by atomic mass is 9.53. The SMILES string of the molecule is CC(=O)C1=C(O)[C@]2(O)C(=O)C3=C(O)c4c(O)c(C#CC5(O)CCCCC5)cc(N(C)C)c4C[C@]3(O)C[C@]2(O)[C@@H](N(C)C)C1=O. The minimum Gasteiger partial charge on any atom is -0.508 e. The number of ketones is 3. The first-order chi connectivity index (χ1) is 20.3. The third-order valence-corrected chi connectivity index (χ3v) is 9.52. The number of hydrogen-bond acceptors (Lipinski definition) is 12. The van der Waals surface area contributed by atoms with Crippen LogP contribution in [0.2, 0.25) is 0 Å². The normalized spacial score (nSPS) is 31.2. The topological polar surface area (TPSA) is 199 Å². The number of aliphatic hydroxyl groups excluding tert-OH is 2. The highest BCUT2D eigenvalue weighted by atomic mass is 16.4. The summed E-state index contributed by atoms with van der Waals surface area (Å²) in [6, 6.07) is -0.226. The van der Waals surface area contributed by atoms with Gasteiger partial charge in [-0.3, -0.25) is 19.3 Å². The lowest BCUT2D eigenvalue weighted by molar-refractivity contribution is -0.216. The fourth-order valence-corrected chi connectivity index (χ4v) is 7.48. The van der Waals surface area contributed by atoms with Crippen molar-refractivity contribution in [2.75, 3.05) is 33.1 Å². The molecule has 12 heteroatoms. The highest BCUT2D eigenvalue weighted by Gasteiger charge is 2.75. The van der Waals surface area contributed by atoms with E-state index in [9.17, 15) is 50.1 Å². The first-order valence-electron chi connectivity index (χ1n) is 14.5. The monoisotopic (exact) mass is 610 g/mol. The molecule has 0 unspecified atom stereocenters. The Balaban J connectivity index is 1.78. The Bertz CT molecular complexity index is 1620. The molecule has 2 saturated carbocycles. The summed E-state index contributed by atoms with van der Waals surface area (Å²) in [5, 5.41) is 81.0. The minimum absolute atomic E-state index is 0.0278. The van der Waals surface area contributed by atoms with E-state index in [0.717, 1.165) is 26.2 Å². The van der Waals surface area contributed by atoms with Gasteiger partial charge in [0.15, 0.2) is 11.6 Å². The number of carbonyl (C=O) groups excluding carboxylic acids is 3. The zero-order valence-corrected chi connectivity index (χ0v) is 25.4. The molecule has 0 aliphatic heterocycles. The molecule has 1 aromatic rings. The lowest BCUT2D eigenvalue weighted by Gasteiger charge is -2.57. The molecular formula is C32H38N2O10. The molecule has 44 heavy (non-hydrogen) atoms. The Morgan fingerprint density at radius 2 is 1.59 bits per heavy atom. The van der Waals surface area contributed by atoms with Crippen LogP contribution in [0, 0.1) is 11.8 Å². The molecule has 5 rings (SSSR count). The van der Waals surface area contributed by atoms with Crippen LogP contribution in [0.25, 0.3) is 5.76 Å². The molecule has 1 aromatic carbocycles. The van der Waals surface area contributed by atoms with Crippen molar-refractivity contribution in [3.8, 4) is 17.6 Å². The van der Waals surface area contributed by atoms with Gasteiger partial charge in [-0.15, -0.1) is 0 Å². The molecule has 0 spiro atoms. The van der Waals surface area contributed by atoms with E-state index in [1.807, 2.05) is 0 Å². The van der Waals surface area contributed by atoms with Crippen molar-refractivity contribution in [1.29, 1.82) is 0 Å². The van der Waals surface area contributed by atoms with Crippen LogP contribution in [-0.2, 0) is 20.8 Å². The van der Waals surface area contributed by atoms with E-state index in [2.05, 4.69) is 11.8 Å². The second kappa shape index (κ2) is 10.2. The number of Topliss-reactive ketones (excluding diaryl/α,β-unsaturated/α-hetero) is 3. The number of rotatable bonds is 3. The summed E-state index contributed by atoms with van der Waals surface area (Å²) in [6.45, 7) is 0.953. The fraction of sp³-hybridized carbons (Fsp3) is 0.531. The van der Waals surface area contributed by atoms with Gasteiger partial charge in [-0.25, -0.2) is 0 Å². The van der Waals surface area contributed by atoms with Gasteiger partial charge in [-0.05, 0) is 58.3 Å². The van der Waals surface area contributed by atoms with Crippen LogP contribution < -0.4 is 4.90 Å². The van der Waals surface area contributed by atoms with Crippen LogP contribution in [-0.4, -0.2) is 115 Å². The van der Waals surface area contributed by atoms with Crippen molar-refractivity contribution in [3.05, 3.63) is 39.7 Å². The Morgan fingerprint density at radius 1 is 0.977 bits per heavy atom. The number of likely N-dealkylation sites (N-methyl/N-ethyl adjacent to an activating group) is 1. The summed E-state index contributed by atoms with van der Waals surface area (Å²) in [6.07, 6.45) is 2.11. The second-order valence-corrected chi connectivity index (χ2v) is 13.0. The molecule has 0 heterocycles. The number of carbonyl (C=O) groups is 3. The minimum atomic E-state index is -3.31. The van der Waals surface area contributed by atoms with Crippen molar-refractivity contribution < 1.29 is 50.1 Å². The van der Waals surface area contributed by atoms with Crippen LogP contribution in [0.1, 0.15) is 62.1 Å². The van der Waals surface area contributed by atoms with Crippen molar-refractivity contribution in [2.45, 2.75) is 80.3 Å². The molecule has 0 bridgehead atoms. The lowest BCUT2D eigenvalue weighted by Crippen LogP contribution is -2.79. The zero-order valence-electron chi connectivity index (χ0n) is 25.4. The second-order valence-electron chi connectivity index (χ2n) is 13.0. The molecule has 4 atom stereocenters. The molecule has 0 radical (unpaired) electrons. The summed E-state index contributed by atoms with van der Waals surface area (Å²) >= 11 is 0. The van der Waals surface area contributed by atoms with Crippen LogP contribution in [0.4, 0.5) is 5.69 Å². The fourth-order valence-electron chi connectivity index (χ4n) is 7.48. The molecular weight excluding hydrogens is 572 g/mol. The maximum Gasteiger partial charge on any atom is 0.216 e. The highest BCUT2D eigenvalue weighted by Crippen LogP contribution is 2.57.